The topological polar surface area (TPSA) is 342 Å². The highest BCUT2D eigenvalue weighted by atomic mass is 16.7. The number of aliphatic hydroxyl groups is 1. The van der Waals surface area contributed by atoms with Crippen molar-refractivity contribution < 1.29 is 115 Å². The lowest BCUT2D eigenvalue weighted by atomic mass is 9.97. The molecule has 2 heterocycles. The van der Waals surface area contributed by atoms with Crippen LogP contribution in [0.4, 0.5) is 15.3 Å². The second-order valence-electron chi connectivity index (χ2n) is 18.9. The number of amides is 4. The maximum absolute atomic E-state index is 14.2. The van der Waals surface area contributed by atoms with Crippen LogP contribution in [0.3, 0.4) is 0 Å². The Labute approximate surface area is 473 Å². The third-order valence-electron chi connectivity index (χ3n) is 11.3. The highest BCUT2D eigenvalue weighted by Gasteiger charge is 2.56. The molecule has 0 bridgehead atoms. The number of carbonyl (C=O) groups excluding carboxylic acids is 9. The quantitative estimate of drug-likeness (QED) is 0.0286. The molecule has 0 radical (unpaired) electrons. The second-order valence-corrected chi connectivity index (χ2v) is 18.9. The van der Waals surface area contributed by atoms with E-state index in [4.69, 9.17) is 66.4 Å². The van der Waals surface area contributed by atoms with Gasteiger partial charge in [-0.25, -0.2) is 14.4 Å². The molecular weight excluding hydrogens is 1090 g/mol. The summed E-state index contributed by atoms with van der Waals surface area (Å²) in [6.07, 6.45) is -8.76. The number of nitrogens with zero attached hydrogens (tertiary/aromatic N) is 1. The number of ether oxygens (including phenoxy) is 13. The van der Waals surface area contributed by atoms with Crippen LogP contribution < -0.4 is 30.3 Å². The van der Waals surface area contributed by atoms with Gasteiger partial charge in [0.1, 0.15) is 24.6 Å². The first-order chi connectivity index (χ1) is 39.0. The average molecular weight is 1160 g/mol. The van der Waals surface area contributed by atoms with Crippen LogP contribution in [0.1, 0.15) is 87.1 Å². The van der Waals surface area contributed by atoms with Gasteiger partial charge in [-0.05, 0) is 57.4 Å². The van der Waals surface area contributed by atoms with E-state index in [0.29, 0.717) is 12.0 Å². The molecular formula is C54H72N4O24. The number of hydrogen-bond donors (Lipinski definition) is 4. The number of likely N-dealkylation sites (tertiary alicyclic amines) is 1. The zero-order valence-electron chi connectivity index (χ0n) is 47.0. The van der Waals surface area contributed by atoms with Gasteiger partial charge in [0.05, 0.1) is 83.3 Å². The third-order valence-corrected chi connectivity index (χ3v) is 11.3. The maximum atomic E-state index is 14.2. The number of hydrogen-bond acceptors (Lipinski definition) is 24. The molecule has 0 aromatic heterocycles. The molecule has 28 nitrogen and oxygen atoms in total. The summed E-state index contributed by atoms with van der Waals surface area (Å²) in [5, 5.41) is 15.4. The normalized spacial score (nSPS) is 18.4. The van der Waals surface area contributed by atoms with Crippen molar-refractivity contribution >= 4 is 59.5 Å². The second kappa shape index (κ2) is 33.0. The molecule has 4 amide bonds. The zero-order chi connectivity index (χ0) is 60.5. The first kappa shape index (κ1) is 66.5. The Morgan fingerprint density at radius 3 is 2.11 bits per heavy atom. The smallest absolute Gasteiger partial charge is 0.431 e. The molecule has 0 saturated carbocycles. The molecule has 2 aliphatic heterocycles. The van der Waals surface area contributed by atoms with Crippen molar-refractivity contribution in [2.24, 2.45) is 0 Å². The summed E-state index contributed by atoms with van der Waals surface area (Å²) in [5.74, 6) is -5.91. The van der Waals surface area contributed by atoms with Gasteiger partial charge in [0.2, 0.25) is 12.4 Å². The van der Waals surface area contributed by atoms with Crippen LogP contribution in [-0.4, -0.2) is 186 Å². The van der Waals surface area contributed by atoms with Gasteiger partial charge >= 0.3 is 42.0 Å². The van der Waals surface area contributed by atoms with Gasteiger partial charge in [0.15, 0.2) is 29.8 Å². The summed E-state index contributed by atoms with van der Waals surface area (Å²) in [5.41, 5.74) is 1.88. The minimum atomic E-state index is -1.87. The fraction of sp³-hybridized carbons (Fsp3) is 0.537. The van der Waals surface area contributed by atoms with Gasteiger partial charge in [-0.3, -0.25) is 38.9 Å². The van der Waals surface area contributed by atoms with E-state index in [9.17, 15) is 48.3 Å². The lowest BCUT2D eigenvalue weighted by Gasteiger charge is -2.43. The first-order valence-electron chi connectivity index (χ1n) is 25.7. The number of rotatable bonds is 30. The Balaban J connectivity index is 1.60. The van der Waals surface area contributed by atoms with Crippen molar-refractivity contribution in [3.8, 4) is 17.2 Å². The highest BCUT2D eigenvalue weighted by molar-refractivity contribution is 6.04. The van der Waals surface area contributed by atoms with E-state index in [1.54, 1.807) is 20.8 Å². The minimum Gasteiger partial charge on any atom is -0.493 e. The van der Waals surface area contributed by atoms with Crippen LogP contribution in [0, 0.1) is 0 Å². The number of carbonyl (C=O) groups is 9. The predicted molar refractivity (Wildman–Crippen MR) is 282 cm³/mol. The van der Waals surface area contributed by atoms with E-state index in [0.717, 1.165) is 27.9 Å². The molecule has 82 heavy (non-hydrogen) atoms. The molecule has 2 saturated heterocycles. The van der Waals surface area contributed by atoms with E-state index >= 15 is 0 Å². The fourth-order valence-corrected chi connectivity index (χ4v) is 7.87. The summed E-state index contributed by atoms with van der Waals surface area (Å²) < 4.78 is 71.5. The van der Waals surface area contributed by atoms with Crippen LogP contribution in [0.5, 0.6) is 17.2 Å². The van der Waals surface area contributed by atoms with Gasteiger partial charge < -0.3 is 76.9 Å². The van der Waals surface area contributed by atoms with E-state index in [1.807, 2.05) is 0 Å². The molecule has 0 aliphatic carbocycles. The Kier molecular flexibility index (Phi) is 26.8. The van der Waals surface area contributed by atoms with Gasteiger partial charge in [-0.2, -0.15) is 5.48 Å². The number of hydroxylamine groups is 1. The molecule has 4 N–H and O–H groups in total. The molecule has 2 fully saturated rings. The number of nitrogens with one attached hydrogen (secondary N) is 3. The van der Waals surface area contributed by atoms with Crippen LogP contribution in [0.2, 0.25) is 0 Å². The summed E-state index contributed by atoms with van der Waals surface area (Å²) in [6.45, 7) is 15.0. The Bertz CT molecular complexity index is 2580. The monoisotopic (exact) mass is 1160 g/mol. The minimum absolute atomic E-state index is 0.00585. The Morgan fingerprint density at radius 1 is 0.793 bits per heavy atom. The summed E-state index contributed by atoms with van der Waals surface area (Å²) in [7, 11) is 2.35. The van der Waals surface area contributed by atoms with E-state index < -0.39 is 103 Å². The average Bonchev–Trinajstić information content (AvgIpc) is 3.82. The Morgan fingerprint density at radius 2 is 1.46 bits per heavy atom. The van der Waals surface area contributed by atoms with E-state index in [1.165, 1.54) is 48.4 Å². The first-order valence-corrected chi connectivity index (χ1v) is 25.7. The molecule has 452 valence electrons. The molecule has 6 atom stereocenters. The van der Waals surface area contributed by atoms with Gasteiger partial charge in [0.25, 0.3) is 11.8 Å². The van der Waals surface area contributed by atoms with Gasteiger partial charge in [0, 0.05) is 46.3 Å². The van der Waals surface area contributed by atoms with Gasteiger partial charge in [-0.1, -0.05) is 30.9 Å². The molecule has 2 aromatic rings. The van der Waals surface area contributed by atoms with Crippen molar-refractivity contribution in [3.63, 3.8) is 0 Å². The largest absolute Gasteiger partial charge is 0.493 e. The number of anilines is 1. The standard InChI is InChI=1S/C54H72N4O24/c1-11-17-74-43(63)13-12-18-73-42-27-39(37(26-41(42)69-9)49(65)58-28-31(2)24-36(58)29-59)56-52(67)75-30-35-14-15-40(38(25-35)48(64)55-16-19-71-20-21-72-22-23-76-57-53(68)82-54(6,7)8)80-51-47(79-34(5)62)45(78-33(4)61)44(77-32(3)60)46(81-51)50(66)70-10/h11,14-15,25-27,36,44-47,51,59H,1-2,12-13,16-24,28-30H2,3-10H3,(H,55,64)(H,56,67)(H,57,68)/t36-,44-,45-,46-,47+,51+/m0/s1. The lowest BCUT2D eigenvalue weighted by molar-refractivity contribution is -0.282. The predicted octanol–water partition coefficient (Wildman–Crippen LogP) is 3.39. The molecule has 0 unspecified atom stereocenters. The summed E-state index contributed by atoms with van der Waals surface area (Å²) >= 11 is 0. The van der Waals surface area contributed by atoms with Crippen molar-refractivity contribution in [1.29, 1.82) is 0 Å². The lowest BCUT2D eigenvalue weighted by Crippen LogP contribution is -2.64. The zero-order valence-corrected chi connectivity index (χ0v) is 47.0. The van der Waals surface area contributed by atoms with Gasteiger partial charge in [-0.15, -0.1) is 0 Å². The van der Waals surface area contributed by atoms with E-state index in [2.05, 4.69) is 29.3 Å². The van der Waals surface area contributed by atoms with Crippen molar-refractivity contribution in [2.75, 3.05) is 85.5 Å². The van der Waals surface area contributed by atoms with Crippen LogP contribution >= 0.6 is 0 Å². The molecule has 0 spiro atoms. The van der Waals surface area contributed by atoms with E-state index in [-0.39, 0.29) is 118 Å². The fourth-order valence-electron chi connectivity index (χ4n) is 7.87. The molecule has 4 rings (SSSR count). The third kappa shape index (κ3) is 21.4. The molecule has 2 aliphatic rings. The Hall–Kier alpha value is -8.05. The highest BCUT2D eigenvalue weighted by Crippen LogP contribution is 2.37. The maximum Gasteiger partial charge on any atom is 0.431 e. The number of esters is 5. The summed E-state index contributed by atoms with van der Waals surface area (Å²) in [6, 6.07) is 5.98. The van der Waals surface area contributed by atoms with Crippen LogP contribution in [-0.2, 0) is 82.8 Å². The summed E-state index contributed by atoms with van der Waals surface area (Å²) in [4.78, 5) is 123. The number of aliphatic hydroxyl groups excluding tert-OH is 1. The van der Waals surface area contributed by atoms with Crippen molar-refractivity contribution in [1.82, 2.24) is 15.7 Å². The van der Waals surface area contributed by atoms with Crippen LogP contribution in [0.15, 0.2) is 55.1 Å². The van der Waals surface area contributed by atoms with Crippen molar-refractivity contribution in [3.05, 3.63) is 71.8 Å². The van der Waals surface area contributed by atoms with Crippen LogP contribution in [0.25, 0.3) is 0 Å². The number of methoxy groups -OCH3 is 2. The molecule has 28 heteroatoms. The van der Waals surface area contributed by atoms with Crippen molar-refractivity contribution in [2.45, 2.75) is 110 Å². The number of benzene rings is 2. The SMILES string of the molecule is C=CCOC(=O)CCCOc1cc(NC(=O)OCc2ccc(O[C@@H]3O[C@H](C(=O)OC)[C@@H](OC(C)=O)[C@H](OC(C)=O)[C@H]3OC(C)=O)c(C(=O)NCCOCCOCCONC(=O)OC(C)(C)C)c2)c(C(=O)N2CC(=C)C[C@H]2CO)cc1OC. The molecule has 2 aromatic carbocycles.